The molecule has 7 rings (SSSR count). The average Bonchev–Trinajstić information content (AvgIpc) is 0.915. The second-order valence-corrected chi connectivity index (χ2v) is 36.5. The molecule has 0 aromatic carbocycles. The number of nitrogens with zero attached hydrogens (tertiary/aromatic N) is 7. The molecule has 7 aliphatic rings. The summed E-state index contributed by atoms with van der Waals surface area (Å²) < 4.78 is 75.1. The summed E-state index contributed by atoms with van der Waals surface area (Å²) in [6.45, 7) is 71.0. The van der Waals surface area contributed by atoms with E-state index in [0.29, 0.717) is 70.7 Å². The van der Waals surface area contributed by atoms with Crippen LogP contribution in [-0.4, -0.2) is 275 Å². The van der Waals surface area contributed by atoms with Crippen molar-refractivity contribution in [3.63, 3.8) is 0 Å². The van der Waals surface area contributed by atoms with Crippen molar-refractivity contribution in [3.8, 4) is 0 Å². The lowest BCUT2D eigenvalue weighted by atomic mass is 9.75. The van der Waals surface area contributed by atoms with E-state index < -0.39 is 10.0 Å². The lowest BCUT2D eigenvalue weighted by Gasteiger charge is -2.40. The molecule has 0 radical (unpaired) electrons. The summed E-state index contributed by atoms with van der Waals surface area (Å²) >= 11 is 0. The Morgan fingerprint density at radius 3 is 1.17 bits per heavy atom. The van der Waals surface area contributed by atoms with Crippen molar-refractivity contribution in [2.45, 2.75) is 223 Å². The van der Waals surface area contributed by atoms with Crippen LogP contribution in [0.5, 0.6) is 0 Å². The summed E-state index contributed by atoms with van der Waals surface area (Å²) in [6.07, 6.45) is 5.12. The van der Waals surface area contributed by atoms with Gasteiger partial charge in [-0.25, -0.2) is 12.8 Å². The number of ether oxygens (including phenoxy) is 7. The van der Waals surface area contributed by atoms with E-state index in [1.54, 1.807) is 14.0 Å². The van der Waals surface area contributed by atoms with Gasteiger partial charge < -0.3 is 52.8 Å². The number of piperidine rings is 1. The van der Waals surface area contributed by atoms with E-state index in [-0.39, 0.29) is 99.9 Å². The molecular weight excluding hydrogens is 1210 g/mol. The fourth-order valence-electron chi connectivity index (χ4n) is 11.2. The molecule has 552 valence electrons. The van der Waals surface area contributed by atoms with E-state index in [9.17, 15) is 27.2 Å². The number of carbonyl (C=O) groups is 3. The number of morpholine rings is 6. The van der Waals surface area contributed by atoms with Crippen LogP contribution in [0.2, 0.25) is 0 Å². The van der Waals surface area contributed by atoms with Crippen molar-refractivity contribution in [1.29, 1.82) is 0 Å². The van der Waals surface area contributed by atoms with Crippen LogP contribution in [0.15, 0.2) is 0 Å². The molecule has 0 N–H and O–H groups in total. The number of likely N-dealkylation sites (tertiary alicyclic amines) is 1. The highest BCUT2D eigenvalue weighted by molar-refractivity contribution is 7.88. The molecule has 7 aliphatic heterocycles. The molecule has 6 atom stereocenters. The number of alkyl halides is 1. The van der Waals surface area contributed by atoms with Gasteiger partial charge in [0.2, 0.25) is 27.7 Å². The Morgan fingerprint density at radius 2 is 0.817 bits per heavy atom. The molecule has 93 heavy (non-hydrogen) atoms. The molecule has 0 aromatic heterocycles. The van der Waals surface area contributed by atoms with Crippen LogP contribution < -0.4 is 0 Å². The monoisotopic (exact) mass is 1350 g/mol. The topological polar surface area (TPSA) is 173 Å². The van der Waals surface area contributed by atoms with Gasteiger partial charge in [0.05, 0.1) is 82.5 Å². The molecule has 0 aliphatic carbocycles. The third kappa shape index (κ3) is 35.5. The molecule has 7 fully saturated rings. The van der Waals surface area contributed by atoms with Crippen LogP contribution in [0.4, 0.5) is 4.39 Å². The number of sulfonamides is 1. The van der Waals surface area contributed by atoms with Gasteiger partial charge in [-0.2, -0.15) is 4.31 Å². The zero-order chi connectivity index (χ0) is 71.7. The van der Waals surface area contributed by atoms with Gasteiger partial charge in [-0.15, -0.1) is 0 Å². The molecule has 21 heteroatoms. The maximum atomic E-state index is 12.1. The minimum absolute atomic E-state index is 0.00836. The maximum absolute atomic E-state index is 12.1. The van der Waals surface area contributed by atoms with E-state index in [4.69, 9.17) is 33.2 Å². The number of halogens is 1. The molecule has 7 heterocycles. The number of hydrogen-bond donors (Lipinski definition) is 0. The third-order valence-electron chi connectivity index (χ3n) is 18.5. The average molecular weight is 1350 g/mol. The minimum Gasteiger partial charge on any atom is -0.375 e. The number of amides is 3. The minimum atomic E-state index is -3.07. The highest BCUT2D eigenvalue weighted by Gasteiger charge is 2.38. The first-order valence-corrected chi connectivity index (χ1v) is 37.0. The first-order chi connectivity index (χ1) is 42.5. The number of hydrogen-bond acceptors (Lipinski definition) is 15. The molecular formula is C72H144FN7O12S. The Morgan fingerprint density at radius 1 is 0.484 bits per heavy atom. The van der Waals surface area contributed by atoms with Crippen LogP contribution in [0.25, 0.3) is 0 Å². The van der Waals surface area contributed by atoms with Crippen LogP contribution >= 0.6 is 0 Å². The van der Waals surface area contributed by atoms with Gasteiger partial charge in [0, 0.05) is 105 Å². The highest BCUT2D eigenvalue weighted by Crippen LogP contribution is 2.34. The second kappa shape index (κ2) is 40.2. The standard InChI is InChI=1S/C12H23NO2.C11H21NO3.C10H20FNO.C10H19NO2.C10H21NO.C10H21N.C9H19NO3S/c1-9(2)11(14)13-6-7-15-10(8-13)12(3,4)5;1-11(2,3)9-7-12(5-6-15-9)10(13)8-14-4;1-10(2,3)9-8-12(5-4-11)6-7-13-9;1-8(12)11-5-6-13-9(7-11)10(2,3)4;1-5-11-6-7-12-9(8-11)10(2,3)4;1-10(2,3)9-5-7-11(4)8-6-9;1-9(2,3)8-7-10(5-6-13-8)14(4,11)12/h9-10H,6-8H2,1-5H3;9H,5-8H2,1-4H3;9H,4-8H2,1-3H3;9H,5-7H2,1-4H3;9H,5-8H2,1-4H3;9H,5-8H2,1-4H3;8H,5-7H2,1-4H3. The third-order valence-corrected chi connectivity index (χ3v) is 19.7. The number of likely N-dealkylation sites (N-methyl/N-ethyl adjacent to an activating group) is 1. The second-order valence-electron chi connectivity index (χ2n) is 34.5. The van der Waals surface area contributed by atoms with Crippen molar-refractivity contribution in [3.05, 3.63) is 0 Å². The van der Waals surface area contributed by atoms with Gasteiger partial charge >= 0.3 is 0 Å². The van der Waals surface area contributed by atoms with Crippen LogP contribution in [0.1, 0.15) is 186 Å². The van der Waals surface area contributed by atoms with Gasteiger partial charge in [0.1, 0.15) is 13.3 Å². The van der Waals surface area contributed by atoms with Crippen LogP contribution in [-0.2, 0) is 57.6 Å². The van der Waals surface area contributed by atoms with E-state index in [1.807, 2.05) is 28.5 Å². The highest BCUT2D eigenvalue weighted by atomic mass is 32.2. The first-order valence-electron chi connectivity index (χ1n) is 35.1. The van der Waals surface area contributed by atoms with Gasteiger partial charge in [-0.3, -0.25) is 24.2 Å². The summed E-state index contributed by atoms with van der Waals surface area (Å²) in [5.41, 5.74) is 1.27. The van der Waals surface area contributed by atoms with Crippen molar-refractivity contribution < 1.29 is 60.3 Å². The van der Waals surface area contributed by atoms with E-state index in [0.717, 1.165) is 78.0 Å². The van der Waals surface area contributed by atoms with Crippen LogP contribution in [0, 0.1) is 49.7 Å². The molecule has 6 unspecified atom stereocenters. The quantitative estimate of drug-likeness (QED) is 0.235. The Hall–Kier alpha value is -2.15. The Balaban J connectivity index is 0.000000544. The number of carbonyl (C=O) groups excluding carboxylic acids is 3. The normalized spacial score (nSPS) is 24.9. The smallest absolute Gasteiger partial charge is 0.248 e. The Labute approximate surface area is 569 Å². The zero-order valence-corrected chi connectivity index (χ0v) is 65.6. The summed E-state index contributed by atoms with van der Waals surface area (Å²) in [5.74, 6) is 1.47. The lowest BCUT2D eigenvalue weighted by molar-refractivity contribution is -0.147. The van der Waals surface area contributed by atoms with Gasteiger partial charge in [-0.1, -0.05) is 166 Å². The van der Waals surface area contributed by atoms with Gasteiger partial charge in [0.15, 0.2) is 0 Å². The van der Waals surface area contributed by atoms with Crippen molar-refractivity contribution in [2.75, 3.05) is 178 Å². The first kappa shape index (κ1) is 88.9. The number of rotatable bonds is 7. The fourth-order valence-corrected chi connectivity index (χ4v) is 12.0. The molecule has 3 amide bonds. The predicted octanol–water partition coefficient (Wildman–Crippen LogP) is 10.6. The van der Waals surface area contributed by atoms with Gasteiger partial charge in [-0.05, 0) is 83.3 Å². The molecule has 19 nitrogen and oxygen atoms in total. The molecule has 0 bridgehead atoms. The molecule has 0 spiro atoms. The summed E-state index contributed by atoms with van der Waals surface area (Å²) in [7, 11) is 0.697. The van der Waals surface area contributed by atoms with Gasteiger partial charge in [0.25, 0.3) is 0 Å². The summed E-state index contributed by atoms with van der Waals surface area (Å²) in [4.78, 5) is 47.2. The predicted molar refractivity (Wildman–Crippen MR) is 378 cm³/mol. The molecule has 0 aromatic rings. The van der Waals surface area contributed by atoms with E-state index >= 15 is 0 Å². The number of methoxy groups -OCH3 is 1. The van der Waals surface area contributed by atoms with Crippen molar-refractivity contribution in [2.24, 2.45) is 49.7 Å². The lowest BCUT2D eigenvalue weighted by Crippen LogP contribution is -2.51. The maximum Gasteiger partial charge on any atom is 0.248 e. The molecule has 7 saturated heterocycles. The summed E-state index contributed by atoms with van der Waals surface area (Å²) in [5, 5.41) is 0. The van der Waals surface area contributed by atoms with E-state index in [2.05, 4.69) is 174 Å². The fraction of sp³-hybridized carbons (Fsp3) is 0.958. The Bertz CT molecular complexity index is 2210. The largest absolute Gasteiger partial charge is 0.375 e. The Kier molecular flexibility index (Phi) is 38.4. The van der Waals surface area contributed by atoms with E-state index in [1.165, 1.54) is 36.5 Å². The SMILES string of the molecule is CC(=O)N1CCOC(C(C)(C)C)C1.CC(C)(C)C1CN(CCF)CCO1.CC(C)(C)C1CN(S(C)(=O)=O)CCO1.CC(C)C(=O)N1CCOC(C(C)(C)C)C1.CCN1CCOC(C(C)(C)C)C1.CN1CCC(C(C)(C)C)CC1.COCC(=O)N1CCOC(C(C)(C)C)C1. The summed E-state index contributed by atoms with van der Waals surface area (Å²) in [6, 6.07) is 0. The van der Waals surface area contributed by atoms with Crippen molar-refractivity contribution in [1.82, 2.24) is 33.7 Å². The van der Waals surface area contributed by atoms with Crippen LogP contribution in [0.3, 0.4) is 0 Å². The molecule has 0 saturated carbocycles. The zero-order valence-electron chi connectivity index (χ0n) is 64.8. The van der Waals surface area contributed by atoms with Crippen molar-refractivity contribution >= 4 is 27.7 Å².